The number of hydrogen-bond donors (Lipinski definition) is 0. The summed E-state index contributed by atoms with van der Waals surface area (Å²) in [4.78, 5) is 12.9. The van der Waals surface area contributed by atoms with Crippen molar-refractivity contribution in [3.63, 3.8) is 0 Å². The molecule has 0 saturated heterocycles. The molecule has 12 rings (SSSR count). The molecule has 1 aliphatic heterocycles. The number of rotatable bonds is 4. The Hall–Kier alpha value is -7.56. The summed E-state index contributed by atoms with van der Waals surface area (Å²) in [7, 11) is 0. The summed E-state index contributed by atoms with van der Waals surface area (Å²) in [5.41, 5.74) is 13.3. The van der Waals surface area contributed by atoms with Crippen LogP contribution < -0.4 is 4.90 Å². The molecule has 0 N–H and O–H groups in total. The maximum Gasteiger partial charge on any atom is 0.160 e. The molecule has 0 unspecified atom stereocenters. The van der Waals surface area contributed by atoms with Gasteiger partial charge in [-0.1, -0.05) is 127 Å². The number of aromatic nitrogens is 3. The van der Waals surface area contributed by atoms with Gasteiger partial charge in [-0.3, -0.25) is 0 Å². The normalized spacial score (nSPS) is 12.2. The highest BCUT2D eigenvalue weighted by Crippen LogP contribution is 2.53. The number of nitrogens with zero attached hydrogens (tertiary/aromatic N) is 4. The molecule has 3 heterocycles. The van der Waals surface area contributed by atoms with Crippen LogP contribution >= 0.6 is 0 Å². The van der Waals surface area contributed by atoms with Gasteiger partial charge in [0.05, 0.1) is 33.6 Å². The van der Waals surface area contributed by atoms with Gasteiger partial charge in [-0.25, -0.2) is 9.97 Å². The zero-order valence-electron chi connectivity index (χ0n) is 30.3. The minimum Gasteiger partial charge on any atom is -0.309 e. The topological polar surface area (TPSA) is 34.0 Å². The predicted octanol–water partition coefficient (Wildman–Crippen LogP) is 13.8. The van der Waals surface area contributed by atoms with E-state index in [0.29, 0.717) is 5.82 Å². The fraction of sp³-hybridized carbons (Fsp3) is 0. The smallest absolute Gasteiger partial charge is 0.160 e. The van der Waals surface area contributed by atoms with E-state index >= 15 is 0 Å². The van der Waals surface area contributed by atoms with Crippen LogP contribution in [0.4, 0.5) is 17.1 Å². The van der Waals surface area contributed by atoms with Crippen LogP contribution in [0.3, 0.4) is 0 Å². The van der Waals surface area contributed by atoms with Crippen molar-refractivity contribution in [1.82, 2.24) is 14.5 Å². The van der Waals surface area contributed by atoms with Gasteiger partial charge >= 0.3 is 0 Å². The predicted molar refractivity (Wildman–Crippen MR) is 233 cm³/mol. The maximum absolute atomic E-state index is 5.34. The first kappa shape index (κ1) is 30.9. The van der Waals surface area contributed by atoms with Gasteiger partial charge in [-0.05, 0) is 88.5 Å². The number of para-hydroxylation sites is 3. The Morgan fingerprint density at radius 3 is 1.96 bits per heavy atom. The molecule has 56 heavy (non-hydrogen) atoms. The lowest BCUT2D eigenvalue weighted by Gasteiger charge is -2.34. The minimum atomic E-state index is 0.700. The second-order valence-electron chi connectivity index (χ2n) is 14.6. The van der Waals surface area contributed by atoms with Gasteiger partial charge in [0.25, 0.3) is 0 Å². The average molecular weight is 713 g/mol. The molecule has 1 aliphatic rings. The first-order valence-electron chi connectivity index (χ1n) is 19.1. The molecule has 11 aromatic rings. The van der Waals surface area contributed by atoms with Gasteiger partial charge in [0.15, 0.2) is 5.82 Å². The highest BCUT2D eigenvalue weighted by atomic mass is 15.2. The van der Waals surface area contributed by atoms with Crippen molar-refractivity contribution in [3.8, 4) is 39.5 Å². The van der Waals surface area contributed by atoms with E-state index in [1.807, 2.05) is 0 Å². The van der Waals surface area contributed by atoms with E-state index in [-0.39, 0.29) is 0 Å². The second-order valence-corrected chi connectivity index (χ2v) is 14.6. The average Bonchev–Trinajstić information content (AvgIpc) is 3.60. The third kappa shape index (κ3) is 4.53. The van der Waals surface area contributed by atoms with Gasteiger partial charge in [-0.2, -0.15) is 0 Å². The highest BCUT2D eigenvalue weighted by Gasteiger charge is 2.27. The molecule has 4 heteroatoms. The van der Waals surface area contributed by atoms with E-state index in [9.17, 15) is 0 Å². The Balaban J connectivity index is 1.01. The Morgan fingerprint density at radius 2 is 1.09 bits per heavy atom. The standard InChI is InChI=1S/C52H32N4/c1-2-15-37(16-3-1)55-45-22-9-7-18-40(45)41-30-26-36(32-48(41)55)51-42-19-6-8-21-44(42)53-52(54-51)35-24-28-38(29-25-35)56-46-23-11-14-34-13-10-20-43(49(34)46)50-39-17-5-4-12-33(39)27-31-47(50)56/h1-32H. The van der Waals surface area contributed by atoms with E-state index in [1.54, 1.807) is 0 Å². The van der Waals surface area contributed by atoms with Gasteiger partial charge in [0.2, 0.25) is 0 Å². The maximum atomic E-state index is 5.34. The summed E-state index contributed by atoms with van der Waals surface area (Å²) >= 11 is 0. The van der Waals surface area contributed by atoms with Gasteiger partial charge < -0.3 is 9.47 Å². The van der Waals surface area contributed by atoms with Crippen molar-refractivity contribution in [1.29, 1.82) is 0 Å². The second kappa shape index (κ2) is 12.0. The Bertz CT molecular complexity index is 3360. The molecule has 0 bridgehead atoms. The Kier molecular flexibility index (Phi) is 6.60. The van der Waals surface area contributed by atoms with Crippen LogP contribution in [0.15, 0.2) is 194 Å². The molecule has 0 saturated carbocycles. The highest BCUT2D eigenvalue weighted by molar-refractivity contribution is 6.19. The van der Waals surface area contributed by atoms with Gasteiger partial charge in [0.1, 0.15) is 0 Å². The summed E-state index contributed by atoms with van der Waals surface area (Å²) in [6, 6.07) is 69.6. The van der Waals surface area contributed by atoms with E-state index < -0.39 is 0 Å². The molecule has 0 radical (unpaired) electrons. The van der Waals surface area contributed by atoms with E-state index in [0.717, 1.165) is 44.6 Å². The van der Waals surface area contributed by atoms with Crippen LogP contribution in [0.25, 0.3) is 93.7 Å². The van der Waals surface area contributed by atoms with E-state index in [4.69, 9.17) is 9.97 Å². The quantitative estimate of drug-likeness (QED) is 0.182. The first-order chi connectivity index (χ1) is 27.8. The van der Waals surface area contributed by atoms with E-state index in [1.165, 1.54) is 60.3 Å². The van der Waals surface area contributed by atoms with Crippen molar-refractivity contribution in [3.05, 3.63) is 194 Å². The molecule has 0 spiro atoms. The van der Waals surface area contributed by atoms with Crippen LogP contribution in [0, 0.1) is 0 Å². The van der Waals surface area contributed by atoms with Gasteiger partial charge in [0, 0.05) is 49.6 Å². The molecule has 0 amide bonds. The van der Waals surface area contributed by atoms with Crippen LogP contribution in [0.5, 0.6) is 0 Å². The molecule has 260 valence electrons. The first-order valence-corrected chi connectivity index (χ1v) is 19.1. The summed E-state index contributed by atoms with van der Waals surface area (Å²) in [5, 5.41) is 8.48. The van der Waals surface area contributed by atoms with Crippen LogP contribution in [0.1, 0.15) is 0 Å². The zero-order valence-corrected chi connectivity index (χ0v) is 30.3. The molecule has 4 nitrogen and oxygen atoms in total. The lowest BCUT2D eigenvalue weighted by atomic mass is 9.87. The molecular weight excluding hydrogens is 681 g/mol. The molecular formula is C52H32N4. The van der Waals surface area contributed by atoms with Crippen LogP contribution in [-0.2, 0) is 0 Å². The lowest BCUT2D eigenvalue weighted by Crippen LogP contribution is -2.15. The summed E-state index contributed by atoms with van der Waals surface area (Å²) < 4.78 is 2.36. The Labute approximate surface area is 323 Å². The monoisotopic (exact) mass is 712 g/mol. The lowest BCUT2D eigenvalue weighted by molar-refractivity contribution is 1.18. The van der Waals surface area contributed by atoms with Crippen molar-refractivity contribution < 1.29 is 0 Å². The minimum absolute atomic E-state index is 0.700. The van der Waals surface area contributed by atoms with Crippen molar-refractivity contribution in [2.75, 3.05) is 4.90 Å². The molecule has 0 fully saturated rings. The molecule has 0 atom stereocenters. The van der Waals surface area contributed by atoms with Crippen LogP contribution in [-0.4, -0.2) is 14.5 Å². The summed E-state index contributed by atoms with van der Waals surface area (Å²) in [6.45, 7) is 0. The van der Waals surface area contributed by atoms with Crippen LogP contribution in [0.2, 0.25) is 0 Å². The number of anilines is 3. The summed E-state index contributed by atoms with van der Waals surface area (Å²) in [6.07, 6.45) is 0. The third-order valence-electron chi connectivity index (χ3n) is 11.5. The fourth-order valence-electron chi connectivity index (χ4n) is 9.01. The SMILES string of the molecule is c1ccc(-n2c3ccccc3c3ccc(-c4nc(-c5ccc(N6c7ccc8ccccc8c7-c7cccc8cccc6c78)cc5)nc5ccccc45)cc32)cc1. The van der Waals surface area contributed by atoms with E-state index in [2.05, 4.69) is 204 Å². The number of hydrogen-bond acceptors (Lipinski definition) is 3. The third-order valence-corrected chi connectivity index (χ3v) is 11.5. The van der Waals surface area contributed by atoms with Crippen molar-refractivity contribution in [2.24, 2.45) is 0 Å². The molecule has 9 aromatic carbocycles. The Morgan fingerprint density at radius 1 is 0.393 bits per heavy atom. The number of benzene rings is 9. The molecule has 2 aromatic heterocycles. The van der Waals surface area contributed by atoms with Crippen molar-refractivity contribution >= 4 is 71.3 Å². The number of fused-ring (bicyclic) bond motifs is 8. The zero-order chi connectivity index (χ0) is 36.7. The van der Waals surface area contributed by atoms with Crippen molar-refractivity contribution in [2.45, 2.75) is 0 Å². The molecule has 0 aliphatic carbocycles. The van der Waals surface area contributed by atoms with Gasteiger partial charge in [-0.15, -0.1) is 0 Å². The summed E-state index contributed by atoms with van der Waals surface area (Å²) in [5.74, 6) is 0.700. The largest absolute Gasteiger partial charge is 0.309 e. The fourth-order valence-corrected chi connectivity index (χ4v) is 9.01.